The molecule has 1 saturated carbocycles. The van der Waals surface area contributed by atoms with Gasteiger partial charge in [-0.3, -0.25) is 9.52 Å². The number of fused-ring (bicyclic) bond motifs is 1. The van der Waals surface area contributed by atoms with E-state index in [9.17, 15) is 13.2 Å². The van der Waals surface area contributed by atoms with E-state index >= 15 is 4.39 Å². The highest BCUT2D eigenvalue weighted by Gasteiger charge is 2.26. The standard InChI is InChI=1S/C23H21FN6O3S/c1-30(2)34(32,33)29-19-5-3-4-16(20(19)24)21(31)18-12-28-23-17(18)8-14(9-27-23)15-10-25-22(26-11-15)13-6-7-13/h3-5,8-13,29H,6-7H2,1-2H3,(H,27,28). The zero-order chi connectivity index (χ0) is 24.0. The van der Waals surface area contributed by atoms with E-state index in [4.69, 9.17) is 0 Å². The average Bonchev–Trinajstić information content (AvgIpc) is 3.59. The second kappa shape index (κ2) is 8.26. The van der Waals surface area contributed by atoms with E-state index in [0.717, 1.165) is 34.1 Å². The van der Waals surface area contributed by atoms with Crippen LogP contribution in [0.1, 0.15) is 40.5 Å². The lowest BCUT2D eigenvalue weighted by atomic mass is 10.0. The highest BCUT2D eigenvalue weighted by Crippen LogP contribution is 2.38. The molecule has 1 fully saturated rings. The van der Waals surface area contributed by atoms with E-state index < -0.39 is 21.8 Å². The van der Waals surface area contributed by atoms with Crippen LogP contribution >= 0.6 is 0 Å². The van der Waals surface area contributed by atoms with Gasteiger partial charge in [0.25, 0.3) is 0 Å². The number of aromatic nitrogens is 4. The van der Waals surface area contributed by atoms with Gasteiger partial charge in [0.15, 0.2) is 11.6 Å². The molecule has 0 unspecified atom stereocenters. The summed E-state index contributed by atoms with van der Waals surface area (Å²) in [6, 6.07) is 5.76. The zero-order valence-electron chi connectivity index (χ0n) is 18.4. The van der Waals surface area contributed by atoms with Gasteiger partial charge in [0.05, 0.1) is 11.3 Å². The lowest BCUT2D eigenvalue weighted by Crippen LogP contribution is -2.29. The first-order chi connectivity index (χ1) is 16.2. The SMILES string of the molecule is CN(C)S(=O)(=O)Nc1cccc(C(=O)c2c[nH]c3ncc(-c4cnc(C5CC5)nc4)cc23)c1F. The number of aromatic amines is 1. The third kappa shape index (κ3) is 4.03. The van der Waals surface area contributed by atoms with Crippen molar-refractivity contribution < 1.29 is 17.6 Å². The first kappa shape index (κ1) is 22.1. The number of nitrogens with zero attached hydrogens (tertiary/aromatic N) is 4. The zero-order valence-corrected chi connectivity index (χ0v) is 19.2. The summed E-state index contributed by atoms with van der Waals surface area (Å²) < 4.78 is 42.4. The number of anilines is 1. The van der Waals surface area contributed by atoms with E-state index in [1.54, 1.807) is 24.7 Å². The largest absolute Gasteiger partial charge is 0.345 e. The second-order valence-electron chi connectivity index (χ2n) is 8.31. The Labute approximate surface area is 195 Å². The predicted molar refractivity (Wildman–Crippen MR) is 125 cm³/mol. The number of ketones is 1. The van der Waals surface area contributed by atoms with Gasteiger partial charge in [-0.1, -0.05) is 6.07 Å². The lowest BCUT2D eigenvalue weighted by Gasteiger charge is -2.14. The summed E-state index contributed by atoms with van der Waals surface area (Å²) >= 11 is 0. The Morgan fingerprint density at radius 2 is 1.79 bits per heavy atom. The van der Waals surface area contributed by atoms with E-state index in [1.165, 1.54) is 38.5 Å². The third-order valence-electron chi connectivity index (χ3n) is 5.69. The smallest absolute Gasteiger partial charge is 0.301 e. The van der Waals surface area contributed by atoms with Crippen LogP contribution in [0.3, 0.4) is 0 Å². The van der Waals surface area contributed by atoms with Crippen molar-refractivity contribution in [2.24, 2.45) is 0 Å². The van der Waals surface area contributed by atoms with Crippen molar-refractivity contribution in [2.75, 3.05) is 18.8 Å². The molecule has 1 aliphatic rings. The molecule has 3 heterocycles. The van der Waals surface area contributed by atoms with Gasteiger partial charge in [-0.15, -0.1) is 0 Å². The molecule has 1 aliphatic carbocycles. The van der Waals surface area contributed by atoms with Crippen molar-refractivity contribution in [3.8, 4) is 11.1 Å². The molecule has 3 aromatic heterocycles. The van der Waals surface area contributed by atoms with Crippen molar-refractivity contribution in [3.63, 3.8) is 0 Å². The minimum absolute atomic E-state index is 0.214. The molecule has 5 rings (SSSR count). The van der Waals surface area contributed by atoms with E-state index in [2.05, 4.69) is 24.7 Å². The van der Waals surface area contributed by atoms with Gasteiger partial charge in [-0.25, -0.2) is 19.3 Å². The fourth-order valence-electron chi connectivity index (χ4n) is 3.55. The minimum Gasteiger partial charge on any atom is -0.345 e. The predicted octanol–water partition coefficient (Wildman–Crippen LogP) is 3.49. The van der Waals surface area contributed by atoms with Crippen LogP contribution in [0.2, 0.25) is 0 Å². The molecule has 0 bridgehead atoms. The Morgan fingerprint density at radius 3 is 2.47 bits per heavy atom. The minimum atomic E-state index is -3.94. The Bertz CT molecular complexity index is 1510. The van der Waals surface area contributed by atoms with Crippen molar-refractivity contribution in [1.82, 2.24) is 24.2 Å². The quantitative estimate of drug-likeness (QED) is 0.391. The Hall–Kier alpha value is -3.70. The maximum absolute atomic E-state index is 15.2. The number of carbonyl (C=O) groups is 1. The number of carbonyl (C=O) groups excluding carboxylic acids is 1. The van der Waals surface area contributed by atoms with Gasteiger partial charge < -0.3 is 4.98 Å². The van der Waals surface area contributed by atoms with E-state index in [-0.39, 0.29) is 16.8 Å². The summed E-state index contributed by atoms with van der Waals surface area (Å²) in [4.78, 5) is 29.4. The van der Waals surface area contributed by atoms with Gasteiger partial charge in [0.2, 0.25) is 0 Å². The summed E-state index contributed by atoms with van der Waals surface area (Å²) in [5, 5.41) is 0.507. The lowest BCUT2D eigenvalue weighted by molar-refractivity contribution is 0.103. The fourth-order valence-corrected chi connectivity index (χ4v) is 4.17. The summed E-state index contributed by atoms with van der Waals surface area (Å²) in [7, 11) is -1.31. The Balaban J connectivity index is 1.50. The number of hydrogen-bond acceptors (Lipinski definition) is 6. The number of pyridine rings is 1. The second-order valence-corrected chi connectivity index (χ2v) is 10.2. The van der Waals surface area contributed by atoms with Crippen LogP contribution in [0, 0.1) is 5.82 Å². The number of H-pyrrole nitrogens is 1. The molecular weight excluding hydrogens is 459 g/mol. The molecule has 11 heteroatoms. The maximum atomic E-state index is 15.2. The summed E-state index contributed by atoms with van der Waals surface area (Å²) in [6.07, 6.45) is 8.80. The van der Waals surface area contributed by atoms with Crippen molar-refractivity contribution >= 4 is 32.7 Å². The molecule has 0 aliphatic heterocycles. The van der Waals surface area contributed by atoms with Crippen LogP contribution < -0.4 is 4.72 Å². The monoisotopic (exact) mass is 480 g/mol. The van der Waals surface area contributed by atoms with Gasteiger partial charge in [0, 0.05) is 66.9 Å². The highest BCUT2D eigenvalue weighted by atomic mass is 32.2. The van der Waals surface area contributed by atoms with Crippen molar-refractivity contribution in [2.45, 2.75) is 18.8 Å². The van der Waals surface area contributed by atoms with Crippen LogP contribution in [0.5, 0.6) is 0 Å². The first-order valence-electron chi connectivity index (χ1n) is 10.6. The molecular formula is C23H21FN6O3S. The van der Waals surface area contributed by atoms with Gasteiger partial charge in [-0.05, 0) is 31.0 Å². The van der Waals surface area contributed by atoms with Crippen LogP contribution in [-0.2, 0) is 10.2 Å². The number of rotatable bonds is 7. The van der Waals surface area contributed by atoms with Gasteiger partial charge in [-0.2, -0.15) is 12.7 Å². The van der Waals surface area contributed by atoms with Crippen LogP contribution in [0.25, 0.3) is 22.2 Å². The summed E-state index contributed by atoms with van der Waals surface area (Å²) in [6.45, 7) is 0. The first-order valence-corrected chi connectivity index (χ1v) is 12.0. The van der Waals surface area contributed by atoms with Crippen LogP contribution in [-0.4, -0.2) is 52.5 Å². The molecule has 174 valence electrons. The molecule has 4 aromatic rings. The van der Waals surface area contributed by atoms with E-state index in [0.29, 0.717) is 17.0 Å². The third-order valence-corrected chi connectivity index (χ3v) is 7.13. The molecule has 1 aromatic carbocycles. The molecule has 0 amide bonds. The molecule has 0 spiro atoms. The van der Waals surface area contributed by atoms with Crippen LogP contribution in [0.15, 0.2) is 49.1 Å². The summed E-state index contributed by atoms with van der Waals surface area (Å²) in [5.41, 5.74) is 1.58. The van der Waals surface area contributed by atoms with Crippen molar-refractivity contribution in [1.29, 1.82) is 0 Å². The van der Waals surface area contributed by atoms with Gasteiger partial charge in [0.1, 0.15) is 11.5 Å². The summed E-state index contributed by atoms with van der Waals surface area (Å²) in [5.74, 6) is -0.290. The molecule has 0 radical (unpaired) electrons. The number of nitrogens with one attached hydrogen (secondary N) is 2. The molecule has 0 saturated heterocycles. The molecule has 9 nitrogen and oxygen atoms in total. The molecule has 34 heavy (non-hydrogen) atoms. The Kier molecular flexibility index (Phi) is 5.37. The van der Waals surface area contributed by atoms with Crippen LogP contribution in [0.4, 0.5) is 10.1 Å². The number of halogens is 1. The molecule has 0 atom stereocenters. The average molecular weight is 481 g/mol. The topological polar surface area (TPSA) is 121 Å². The Morgan fingerprint density at radius 1 is 1.09 bits per heavy atom. The molecule has 2 N–H and O–H groups in total. The number of hydrogen-bond donors (Lipinski definition) is 2. The number of benzene rings is 1. The normalized spacial score (nSPS) is 14.0. The van der Waals surface area contributed by atoms with E-state index in [1.807, 2.05) is 0 Å². The fraction of sp³-hybridized carbons (Fsp3) is 0.217. The highest BCUT2D eigenvalue weighted by molar-refractivity contribution is 7.90. The van der Waals surface area contributed by atoms with Gasteiger partial charge >= 0.3 is 10.2 Å². The maximum Gasteiger partial charge on any atom is 0.301 e. The van der Waals surface area contributed by atoms with Crippen molar-refractivity contribution in [3.05, 3.63) is 71.8 Å².